The largest absolute Gasteiger partial charge is 0.497 e. The van der Waals surface area contributed by atoms with Gasteiger partial charge in [-0.2, -0.15) is 4.98 Å². The number of hydrogen-bond donors (Lipinski definition) is 3. The van der Waals surface area contributed by atoms with Crippen molar-refractivity contribution in [2.75, 3.05) is 26.1 Å². The molecular formula is C27H26FN3O7. The van der Waals surface area contributed by atoms with Crippen molar-refractivity contribution in [3.05, 3.63) is 94.3 Å². The van der Waals surface area contributed by atoms with Crippen LogP contribution < -0.4 is 20.5 Å². The summed E-state index contributed by atoms with van der Waals surface area (Å²) in [5, 5.41) is 21.8. The standard InChI is InChI=1S/C27H26FN3O7/c1-15-23(33)22(14-32)38-26(15)31-13-21(28)24(30-27(31)35)29-25(34)20(9-16-7-5-4-6-8-16)17-10-18(36-2)12-19(11-17)37-3/h4-13,22-23,26,32-33H,1,14H2,2-3H3,(H,29,30,34,35)/t22-,23+,26-/m1/s1. The predicted octanol–water partition coefficient (Wildman–Crippen LogP) is 2.39. The third kappa shape index (κ3) is 5.49. The Morgan fingerprint density at radius 3 is 2.45 bits per heavy atom. The Balaban J connectivity index is 1.70. The molecule has 0 unspecified atom stereocenters. The van der Waals surface area contributed by atoms with Gasteiger partial charge in [0, 0.05) is 17.2 Å². The summed E-state index contributed by atoms with van der Waals surface area (Å²) in [4.78, 5) is 29.8. The number of halogens is 1. The number of anilines is 1. The lowest BCUT2D eigenvalue weighted by atomic mass is 10.0. The van der Waals surface area contributed by atoms with Crippen LogP contribution in [-0.2, 0) is 9.53 Å². The Morgan fingerprint density at radius 1 is 1.21 bits per heavy atom. The molecule has 2 aromatic carbocycles. The minimum absolute atomic E-state index is 0.0594. The number of rotatable bonds is 8. The summed E-state index contributed by atoms with van der Waals surface area (Å²) < 4.78 is 31.9. The summed E-state index contributed by atoms with van der Waals surface area (Å²) in [6, 6.07) is 13.9. The molecule has 3 atom stereocenters. The fraction of sp³-hybridized carbons (Fsp3) is 0.222. The first kappa shape index (κ1) is 26.7. The fourth-order valence-corrected chi connectivity index (χ4v) is 3.93. The third-order valence-corrected chi connectivity index (χ3v) is 5.94. The minimum Gasteiger partial charge on any atom is -0.497 e. The van der Waals surface area contributed by atoms with Crippen LogP contribution in [0.2, 0.25) is 0 Å². The Kier molecular flexibility index (Phi) is 8.01. The molecule has 10 nitrogen and oxygen atoms in total. The van der Waals surface area contributed by atoms with Crippen LogP contribution in [0.3, 0.4) is 0 Å². The zero-order valence-corrected chi connectivity index (χ0v) is 20.6. The number of nitrogens with one attached hydrogen (secondary N) is 1. The van der Waals surface area contributed by atoms with Gasteiger partial charge >= 0.3 is 5.69 Å². The summed E-state index contributed by atoms with van der Waals surface area (Å²) in [5.41, 5.74) is 0.327. The van der Waals surface area contributed by atoms with Gasteiger partial charge in [0.15, 0.2) is 17.9 Å². The lowest BCUT2D eigenvalue weighted by molar-refractivity contribution is -0.111. The van der Waals surface area contributed by atoms with Crippen LogP contribution in [0.5, 0.6) is 11.5 Å². The van der Waals surface area contributed by atoms with Crippen LogP contribution in [-0.4, -0.2) is 58.7 Å². The number of carbonyl (C=O) groups is 1. The highest BCUT2D eigenvalue weighted by atomic mass is 19.1. The predicted molar refractivity (Wildman–Crippen MR) is 137 cm³/mol. The van der Waals surface area contributed by atoms with E-state index in [9.17, 15) is 19.8 Å². The van der Waals surface area contributed by atoms with E-state index in [-0.39, 0.29) is 11.1 Å². The van der Waals surface area contributed by atoms with Gasteiger partial charge in [0.05, 0.1) is 27.0 Å². The smallest absolute Gasteiger partial charge is 0.352 e. The lowest BCUT2D eigenvalue weighted by Crippen LogP contribution is -2.30. The molecule has 1 saturated heterocycles. The fourth-order valence-electron chi connectivity index (χ4n) is 3.93. The normalized spacial score (nSPS) is 19.3. The van der Waals surface area contributed by atoms with Crippen LogP contribution in [0, 0.1) is 5.82 Å². The number of aliphatic hydroxyl groups excluding tert-OH is 2. The van der Waals surface area contributed by atoms with E-state index in [0.717, 1.165) is 10.8 Å². The van der Waals surface area contributed by atoms with Gasteiger partial charge in [-0.25, -0.2) is 9.18 Å². The summed E-state index contributed by atoms with van der Waals surface area (Å²) in [6.07, 6.45) is -1.12. The molecule has 1 amide bonds. The molecule has 3 aromatic rings. The van der Waals surface area contributed by atoms with E-state index in [4.69, 9.17) is 14.2 Å². The van der Waals surface area contributed by atoms with E-state index < -0.39 is 48.3 Å². The first-order valence-corrected chi connectivity index (χ1v) is 11.5. The molecule has 38 heavy (non-hydrogen) atoms. The molecule has 3 N–H and O–H groups in total. The Labute approximate surface area is 217 Å². The SMILES string of the molecule is C=C1[C@H](n2cc(F)c(NC(=O)C(=Cc3ccccc3)c3cc(OC)cc(OC)c3)nc2=O)O[C@H](CO)[C@H]1O. The average molecular weight is 524 g/mol. The molecule has 1 fully saturated rings. The lowest BCUT2D eigenvalue weighted by Gasteiger charge is -2.16. The maximum absolute atomic E-state index is 15.1. The zero-order chi connectivity index (χ0) is 27.4. The molecule has 0 radical (unpaired) electrons. The maximum atomic E-state index is 15.1. The van der Waals surface area contributed by atoms with Crippen LogP contribution in [0.4, 0.5) is 10.2 Å². The topological polar surface area (TPSA) is 132 Å². The van der Waals surface area contributed by atoms with Gasteiger partial charge in [-0.1, -0.05) is 36.9 Å². The van der Waals surface area contributed by atoms with Crippen molar-refractivity contribution in [3.63, 3.8) is 0 Å². The second kappa shape index (κ2) is 11.4. The van der Waals surface area contributed by atoms with Crippen molar-refractivity contribution in [2.45, 2.75) is 18.4 Å². The highest BCUT2D eigenvalue weighted by Crippen LogP contribution is 2.33. The summed E-state index contributed by atoms with van der Waals surface area (Å²) in [6.45, 7) is 3.14. The number of nitrogens with zero attached hydrogens (tertiary/aromatic N) is 2. The number of amides is 1. The number of aliphatic hydroxyl groups is 2. The van der Waals surface area contributed by atoms with Crippen molar-refractivity contribution >= 4 is 23.4 Å². The molecule has 0 aliphatic carbocycles. The van der Waals surface area contributed by atoms with E-state index in [1.54, 1.807) is 48.5 Å². The highest BCUT2D eigenvalue weighted by Gasteiger charge is 2.39. The van der Waals surface area contributed by atoms with Crippen LogP contribution in [0.15, 0.2) is 71.7 Å². The van der Waals surface area contributed by atoms with Gasteiger partial charge in [0.2, 0.25) is 0 Å². The molecular weight excluding hydrogens is 497 g/mol. The summed E-state index contributed by atoms with van der Waals surface area (Å²) >= 11 is 0. The molecule has 1 aliphatic heterocycles. The van der Waals surface area contributed by atoms with Crippen LogP contribution >= 0.6 is 0 Å². The number of ether oxygens (including phenoxy) is 3. The van der Waals surface area contributed by atoms with Gasteiger partial charge in [-0.05, 0) is 29.3 Å². The van der Waals surface area contributed by atoms with E-state index in [1.165, 1.54) is 14.2 Å². The number of methoxy groups -OCH3 is 2. The molecule has 2 heterocycles. The second-order valence-corrected chi connectivity index (χ2v) is 8.38. The quantitative estimate of drug-likeness (QED) is 0.233. The van der Waals surface area contributed by atoms with Crippen molar-refractivity contribution in [1.29, 1.82) is 0 Å². The highest BCUT2D eigenvalue weighted by molar-refractivity contribution is 6.29. The minimum atomic E-state index is -1.25. The molecule has 198 valence electrons. The first-order valence-electron chi connectivity index (χ1n) is 11.5. The van der Waals surface area contributed by atoms with E-state index in [1.807, 2.05) is 6.07 Å². The van der Waals surface area contributed by atoms with Gasteiger partial charge < -0.3 is 29.7 Å². The van der Waals surface area contributed by atoms with Crippen LogP contribution in [0.25, 0.3) is 11.6 Å². The Bertz CT molecular complexity index is 1420. The van der Waals surface area contributed by atoms with E-state index >= 15 is 4.39 Å². The van der Waals surface area contributed by atoms with Gasteiger partial charge in [0.1, 0.15) is 23.7 Å². The molecule has 1 aromatic heterocycles. The molecule has 0 bridgehead atoms. The Hall–Kier alpha value is -4.32. The average Bonchev–Trinajstić information content (AvgIpc) is 3.22. The van der Waals surface area contributed by atoms with Crippen molar-refractivity contribution in [2.24, 2.45) is 0 Å². The molecule has 4 rings (SSSR count). The first-order chi connectivity index (χ1) is 18.2. The molecule has 0 saturated carbocycles. The number of benzene rings is 2. The number of hydrogen-bond acceptors (Lipinski definition) is 8. The second-order valence-electron chi connectivity index (χ2n) is 8.38. The monoisotopic (exact) mass is 523 g/mol. The molecule has 11 heteroatoms. The Morgan fingerprint density at radius 2 is 1.87 bits per heavy atom. The van der Waals surface area contributed by atoms with Gasteiger partial charge in [0.25, 0.3) is 5.91 Å². The van der Waals surface area contributed by atoms with Gasteiger partial charge in [-0.3, -0.25) is 9.36 Å². The number of carbonyl (C=O) groups excluding carboxylic acids is 1. The van der Waals surface area contributed by atoms with E-state index in [2.05, 4.69) is 16.9 Å². The maximum Gasteiger partial charge on any atom is 0.352 e. The molecule has 1 aliphatic rings. The third-order valence-electron chi connectivity index (χ3n) is 5.94. The summed E-state index contributed by atoms with van der Waals surface area (Å²) in [7, 11) is 2.94. The van der Waals surface area contributed by atoms with Crippen molar-refractivity contribution in [1.82, 2.24) is 9.55 Å². The van der Waals surface area contributed by atoms with Crippen LogP contribution in [0.1, 0.15) is 17.4 Å². The van der Waals surface area contributed by atoms with Gasteiger partial charge in [-0.15, -0.1) is 0 Å². The molecule has 0 spiro atoms. The zero-order valence-electron chi connectivity index (χ0n) is 20.6. The van der Waals surface area contributed by atoms with Crippen molar-refractivity contribution in [3.8, 4) is 11.5 Å². The number of aromatic nitrogens is 2. The summed E-state index contributed by atoms with van der Waals surface area (Å²) in [5.74, 6) is -1.52. The van der Waals surface area contributed by atoms with E-state index in [0.29, 0.717) is 22.6 Å². The van der Waals surface area contributed by atoms with Crippen molar-refractivity contribution < 1.29 is 33.6 Å².